The molecule has 88 valence electrons. The molecule has 0 radical (unpaired) electrons. The molecular formula is C9H5CuO6. The van der Waals surface area contributed by atoms with E-state index in [-0.39, 0.29) is 17.1 Å². The molecule has 0 aliphatic heterocycles. The summed E-state index contributed by atoms with van der Waals surface area (Å²) in [6, 6.07) is 2.55. The Labute approximate surface area is 100.0 Å². The van der Waals surface area contributed by atoms with E-state index in [1.807, 2.05) is 0 Å². The van der Waals surface area contributed by atoms with Gasteiger partial charge in [0.15, 0.2) is 0 Å². The van der Waals surface area contributed by atoms with E-state index in [2.05, 4.69) is 0 Å². The number of carbonyl (C=O) groups is 3. The van der Waals surface area contributed by atoms with Crippen molar-refractivity contribution in [1.29, 1.82) is 0 Å². The molecule has 0 saturated carbocycles. The first-order valence-corrected chi connectivity index (χ1v) is 3.75. The summed E-state index contributed by atoms with van der Waals surface area (Å²) in [5, 5.41) is 27.6. The van der Waals surface area contributed by atoms with Crippen LogP contribution in [0.4, 0.5) is 0 Å². The summed E-state index contributed by atoms with van der Waals surface area (Å²) in [4.78, 5) is 31.5. The summed E-state index contributed by atoms with van der Waals surface area (Å²) in [6.45, 7) is 0. The Morgan fingerprint density at radius 3 is 1.44 bits per heavy atom. The number of carboxylic acid groups (broad SMARTS) is 3. The molecule has 0 aliphatic carbocycles. The van der Waals surface area contributed by atoms with Crippen LogP contribution < -0.4 is 5.11 Å². The van der Waals surface area contributed by atoms with E-state index in [0.717, 1.165) is 18.2 Å². The first-order chi connectivity index (χ1) is 6.91. The van der Waals surface area contributed by atoms with Crippen LogP contribution in [-0.4, -0.2) is 28.1 Å². The first kappa shape index (κ1) is 14.1. The molecule has 6 nitrogen and oxygen atoms in total. The van der Waals surface area contributed by atoms with Gasteiger partial charge in [-0.15, -0.1) is 0 Å². The minimum atomic E-state index is -1.62. The van der Waals surface area contributed by atoms with Gasteiger partial charge in [0.05, 0.1) is 17.1 Å². The zero-order valence-corrected chi connectivity index (χ0v) is 8.50. The molecule has 0 aliphatic rings. The van der Waals surface area contributed by atoms with Crippen molar-refractivity contribution in [2.24, 2.45) is 0 Å². The number of hydrogen-bond acceptors (Lipinski definition) is 4. The van der Waals surface area contributed by atoms with E-state index >= 15 is 0 Å². The molecule has 0 spiro atoms. The topological polar surface area (TPSA) is 115 Å². The number of carbonyl (C=O) groups excluding carboxylic acids is 1. The van der Waals surface area contributed by atoms with E-state index < -0.39 is 34.6 Å². The SMILES string of the molecule is O=C([O-])c1cc(C(=O)O)cc(C(=O)O)c1.[Cu+]. The minimum absolute atomic E-state index is 0. The van der Waals surface area contributed by atoms with Gasteiger partial charge < -0.3 is 20.1 Å². The third-order valence-corrected chi connectivity index (χ3v) is 1.66. The summed E-state index contributed by atoms with van der Waals surface area (Å²) < 4.78 is 0. The molecule has 1 aromatic rings. The summed E-state index contributed by atoms with van der Waals surface area (Å²) in [7, 11) is 0. The molecule has 0 fully saturated rings. The zero-order chi connectivity index (χ0) is 11.6. The van der Waals surface area contributed by atoms with Crippen molar-refractivity contribution in [2.45, 2.75) is 0 Å². The van der Waals surface area contributed by atoms with E-state index in [4.69, 9.17) is 10.2 Å². The minimum Gasteiger partial charge on any atom is -0.545 e. The number of rotatable bonds is 3. The Morgan fingerprint density at radius 1 is 0.875 bits per heavy atom. The normalized spacial score (nSPS) is 9.00. The van der Waals surface area contributed by atoms with E-state index in [0.29, 0.717) is 0 Å². The molecule has 0 amide bonds. The van der Waals surface area contributed by atoms with Crippen molar-refractivity contribution in [2.75, 3.05) is 0 Å². The van der Waals surface area contributed by atoms with Crippen molar-refractivity contribution in [3.63, 3.8) is 0 Å². The molecule has 16 heavy (non-hydrogen) atoms. The number of carboxylic acids is 3. The maximum atomic E-state index is 10.5. The third kappa shape index (κ3) is 3.08. The Balaban J connectivity index is 0.00000225. The molecule has 0 bridgehead atoms. The number of aromatic carboxylic acids is 3. The van der Waals surface area contributed by atoms with E-state index in [1.54, 1.807) is 0 Å². The van der Waals surface area contributed by atoms with Crippen LogP contribution in [0.2, 0.25) is 0 Å². The van der Waals surface area contributed by atoms with Crippen molar-refractivity contribution in [3.8, 4) is 0 Å². The summed E-state index contributed by atoms with van der Waals surface area (Å²) in [5.74, 6) is -4.43. The summed E-state index contributed by atoms with van der Waals surface area (Å²) in [5.41, 5.74) is -1.30. The third-order valence-electron chi connectivity index (χ3n) is 1.66. The molecule has 0 unspecified atom stereocenters. The van der Waals surface area contributed by atoms with Gasteiger partial charge in [0.1, 0.15) is 0 Å². The van der Waals surface area contributed by atoms with Gasteiger partial charge in [0, 0.05) is 0 Å². The van der Waals surface area contributed by atoms with Crippen LogP contribution in [0.25, 0.3) is 0 Å². The average Bonchev–Trinajstić information content (AvgIpc) is 2.16. The van der Waals surface area contributed by atoms with Crippen LogP contribution in [0, 0.1) is 0 Å². The molecule has 0 heterocycles. The predicted molar refractivity (Wildman–Crippen MR) is 44.7 cm³/mol. The molecular weight excluding hydrogens is 268 g/mol. The Bertz CT molecular complexity index is 374. The number of benzene rings is 1. The van der Waals surface area contributed by atoms with Crippen LogP contribution in [0.1, 0.15) is 31.1 Å². The summed E-state index contributed by atoms with van der Waals surface area (Å²) in [6.07, 6.45) is 0. The van der Waals surface area contributed by atoms with Gasteiger partial charge >= 0.3 is 29.0 Å². The Morgan fingerprint density at radius 2 is 1.19 bits per heavy atom. The maximum absolute atomic E-state index is 10.5. The molecule has 1 rings (SSSR count). The molecule has 1 aromatic carbocycles. The summed E-state index contributed by atoms with van der Waals surface area (Å²) >= 11 is 0. The van der Waals surface area contributed by atoms with Crippen LogP contribution >= 0.6 is 0 Å². The fourth-order valence-corrected chi connectivity index (χ4v) is 0.992. The van der Waals surface area contributed by atoms with E-state index in [1.165, 1.54) is 0 Å². The van der Waals surface area contributed by atoms with Gasteiger partial charge in [-0.05, 0) is 23.8 Å². The van der Waals surface area contributed by atoms with Crippen LogP contribution in [-0.2, 0) is 17.1 Å². The van der Waals surface area contributed by atoms with Crippen LogP contribution in [0.15, 0.2) is 18.2 Å². The largest absolute Gasteiger partial charge is 1.00 e. The molecule has 0 saturated heterocycles. The second kappa shape index (κ2) is 5.29. The van der Waals surface area contributed by atoms with Gasteiger partial charge in [-0.1, -0.05) is 0 Å². The maximum Gasteiger partial charge on any atom is 1.00 e. The van der Waals surface area contributed by atoms with Crippen molar-refractivity contribution < 1.29 is 46.8 Å². The molecule has 7 heteroatoms. The zero-order valence-electron chi connectivity index (χ0n) is 7.56. The molecule has 0 atom stereocenters. The molecule has 0 aromatic heterocycles. The monoisotopic (exact) mass is 272 g/mol. The van der Waals surface area contributed by atoms with Crippen LogP contribution in [0.5, 0.6) is 0 Å². The van der Waals surface area contributed by atoms with Gasteiger partial charge in [0.25, 0.3) is 0 Å². The van der Waals surface area contributed by atoms with Crippen LogP contribution in [0.3, 0.4) is 0 Å². The second-order valence-corrected chi connectivity index (χ2v) is 2.70. The van der Waals surface area contributed by atoms with Gasteiger partial charge in [-0.25, -0.2) is 9.59 Å². The predicted octanol–water partition coefficient (Wildman–Crippen LogP) is -0.556. The second-order valence-electron chi connectivity index (χ2n) is 2.70. The Hall–Kier alpha value is -1.85. The first-order valence-electron chi connectivity index (χ1n) is 3.75. The Kier molecular flexibility index (Phi) is 4.68. The fraction of sp³-hybridized carbons (Fsp3) is 0. The van der Waals surface area contributed by atoms with E-state index in [9.17, 15) is 19.5 Å². The molecule has 2 N–H and O–H groups in total. The van der Waals surface area contributed by atoms with Crippen molar-refractivity contribution in [1.82, 2.24) is 0 Å². The van der Waals surface area contributed by atoms with Crippen molar-refractivity contribution >= 4 is 17.9 Å². The van der Waals surface area contributed by atoms with Gasteiger partial charge in [-0.3, -0.25) is 0 Å². The standard InChI is InChI=1S/C9H6O6.Cu/c10-7(11)4-1-5(8(12)13)3-6(2-4)9(14)15;/h1-3H,(H,10,11)(H,12,13)(H,14,15);/q;+1/p-1. The van der Waals surface area contributed by atoms with Gasteiger partial charge in [0.2, 0.25) is 0 Å². The smallest absolute Gasteiger partial charge is 0.545 e. The van der Waals surface area contributed by atoms with Crippen molar-refractivity contribution in [3.05, 3.63) is 34.9 Å². The average molecular weight is 273 g/mol. The fourth-order valence-electron chi connectivity index (χ4n) is 0.992. The van der Waals surface area contributed by atoms with Gasteiger partial charge in [-0.2, -0.15) is 0 Å². The number of hydrogen-bond donors (Lipinski definition) is 2. The quantitative estimate of drug-likeness (QED) is 0.713.